The predicted octanol–water partition coefficient (Wildman–Crippen LogP) is 5.15. The molecule has 1 fully saturated rings. The Kier molecular flexibility index (Phi) is 6.93. The van der Waals surface area contributed by atoms with E-state index in [9.17, 15) is 9.59 Å². The van der Waals surface area contributed by atoms with Crippen molar-refractivity contribution in [3.05, 3.63) is 89.5 Å². The number of anilines is 2. The van der Waals surface area contributed by atoms with E-state index in [2.05, 4.69) is 37.4 Å². The van der Waals surface area contributed by atoms with Crippen molar-refractivity contribution in [2.75, 3.05) is 29.9 Å². The fourth-order valence-corrected chi connectivity index (χ4v) is 3.96. The third kappa shape index (κ3) is 5.71. The molecular weight excluding hydrogens is 414 g/mol. The number of urea groups is 1. The Labute approximate surface area is 194 Å². The predicted molar refractivity (Wildman–Crippen MR) is 131 cm³/mol. The summed E-state index contributed by atoms with van der Waals surface area (Å²) in [6.45, 7) is 6.04. The van der Waals surface area contributed by atoms with Gasteiger partial charge in [0.1, 0.15) is 5.75 Å². The second kappa shape index (κ2) is 10.2. The highest BCUT2D eigenvalue weighted by atomic mass is 16.5. The summed E-state index contributed by atoms with van der Waals surface area (Å²) in [6.07, 6.45) is 0.887. The standard InChI is InChI=1S/C27H29N3O3/c1-20-12-13-21(2)22(16-20)18-29-14-7-15-30(27(29)32)24-9-6-8-23(17-24)28-26(31)19-33-25-10-4-3-5-11-25/h3-6,8-13,16-17H,7,14-15,18-19H2,1-2H3,(H,28,31). The van der Waals surface area contributed by atoms with Crippen LogP contribution < -0.4 is 15.0 Å². The van der Waals surface area contributed by atoms with Gasteiger partial charge in [-0.05, 0) is 61.7 Å². The number of nitrogens with zero attached hydrogens (tertiary/aromatic N) is 2. The van der Waals surface area contributed by atoms with E-state index in [1.165, 1.54) is 16.7 Å². The van der Waals surface area contributed by atoms with Gasteiger partial charge in [-0.2, -0.15) is 0 Å². The summed E-state index contributed by atoms with van der Waals surface area (Å²) < 4.78 is 5.51. The van der Waals surface area contributed by atoms with E-state index in [1.54, 1.807) is 17.0 Å². The largest absolute Gasteiger partial charge is 0.484 e. The fraction of sp³-hybridized carbons (Fsp3) is 0.259. The summed E-state index contributed by atoms with van der Waals surface area (Å²) >= 11 is 0. The number of hydrogen-bond acceptors (Lipinski definition) is 3. The van der Waals surface area contributed by atoms with Gasteiger partial charge in [0.25, 0.3) is 5.91 Å². The van der Waals surface area contributed by atoms with E-state index in [0.717, 1.165) is 18.7 Å². The van der Waals surface area contributed by atoms with Crippen LogP contribution >= 0.6 is 0 Å². The molecule has 0 aliphatic carbocycles. The first-order chi connectivity index (χ1) is 16.0. The minimum absolute atomic E-state index is 0.0157. The number of carbonyl (C=O) groups is 2. The number of benzene rings is 3. The van der Waals surface area contributed by atoms with Crippen molar-refractivity contribution < 1.29 is 14.3 Å². The summed E-state index contributed by atoms with van der Waals surface area (Å²) in [7, 11) is 0. The van der Waals surface area contributed by atoms with Gasteiger partial charge in [-0.25, -0.2) is 4.79 Å². The van der Waals surface area contributed by atoms with Crippen LogP contribution in [0.5, 0.6) is 5.75 Å². The Bertz CT molecular complexity index is 1130. The van der Waals surface area contributed by atoms with Gasteiger partial charge in [-0.3, -0.25) is 9.69 Å². The van der Waals surface area contributed by atoms with Crippen LogP contribution in [0.25, 0.3) is 0 Å². The molecule has 1 aliphatic heterocycles. The number of para-hydroxylation sites is 1. The highest BCUT2D eigenvalue weighted by Crippen LogP contribution is 2.25. The van der Waals surface area contributed by atoms with E-state index in [-0.39, 0.29) is 18.5 Å². The van der Waals surface area contributed by atoms with Crippen LogP contribution in [-0.2, 0) is 11.3 Å². The molecule has 1 N–H and O–H groups in total. The Balaban J connectivity index is 1.41. The topological polar surface area (TPSA) is 61.9 Å². The highest BCUT2D eigenvalue weighted by Gasteiger charge is 2.27. The van der Waals surface area contributed by atoms with Crippen molar-refractivity contribution in [1.82, 2.24) is 4.90 Å². The van der Waals surface area contributed by atoms with Crippen LogP contribution in [0, 0.1) is 13.8 Å². The zero-order chi connectivity index (χ0) is 23.2. The van der Waals surface area contributed by atoms with Gasteiger partial charge in [0.05, 0.1) is 0 Å². The average molecular weight is 444 g/mol. The van der Waals surface area contributed by atoms with Gasteiger partial charge in [0.15, 0.2) is 6.61 Å². The van der Waals surface area contributed by atoms with Crippen molar-refractivity contribution in [2.45, 2.75) is 26.8 Å². The molecule has 1 aliphatic rings. The Morgan fingerprint density at radius 2 is 1.79 bits per heavy atom. The van der Waals surface area contributed by atoms with Crippen molar-refractivity contribution in [3.8, 4) is 5.75 Å². The van der Waals surface area contributed by atoms with Crippen molar-refractivity contribution in [2.24, 2.45) is 0 Å². The first kappa shape index (κ1) is 22.4. The number of nitrogens with one attached hydrogen (secondary N) is 1. The smallest absolute Gasteiger partial charge is 0.324 e. The molecule has 0 unspecified atom stereocenters. The summed E-state index contributed by atoms with van der Waals surface area (Å²) in [5.41, 5.74) is 4.95. The molecule has 0 radical (unpaired) electrons. The van der Waals surface area contributed by atoms with Crippen LogP contribution in [0.3, 0.4) is 0 Å². The maximum atomic E-state index is 13.3. The molecule has 0 saturated carbocycles. The normalized spacial score (nSPS) is 13.7. The van der Waals surface area contributed by atoms with Crippen LogP contribution in [-0.4, -0.2) is 36.5 Å². The minimum atomic E-state index is -0.252. The number of ether oxygens (including phenoxy) is 1. The summed E-state index contributed by atoms with van der Waals surface area (Å²) in [4.78, 5) is 29.3. The molecule has 3 aromatic rings. The maximum absolute atomic E-state index is 13.3. The van der Waals surface area contributed by atoms with Crippen molar-refractivity contribution in [1.29, 1.82) is 0 Å². The van der Waals surface area contributed by atoms with Gasteiger partial charge in [-0.1, -0.05) is 48.0 Å². The van der Waals surface area contributed by atoms with Crippen LogP contribution in [0.15, 0.2) is 72.8 Å². The molecular formula is C27H29N3O3. The van der Waals surface area contributed by atoms with Gasteiger partial charge in [0.2, 0.25) is 0 Å². The van der Waals surface area contributed by atoms with Crippen LogP contribution in [0.1, 0.15) is 23.1 Å². The van der Waals surface area contributed by atoms with Gasteiger partial charge in [-0.15, -0.1) is 0 Å². The quantitative estimate of drug-likeness (QED) is 0.549. The van der Waals surface area contributed by atoms with E-state index < -0.39 is 0 Å². The Morgan fingerprint density at radius 1 is 0.970 bits per heavy atom. The van der Waals surface area contributed by atoms with E-state index in [1.807, 2.05) is 47.4 Å². The Hall–Kier alpha value is -3.80. The van der Waals surface area contributed by atoms with E-state index in [4.69, 9.17) is 4.74 Å². The summed E-state index contributed by atoms with van der Waals surface area (Å²) in [5, 5.41) is 2.86. The average Bonchev–Trinajstić information content (AvgIpc) is 2.82. The lowest BCUT2D eigenvalue weighted by Crippen LogP contribution is -2.49. The fourth-order valence-electron chi connectivity index (χ4n) is 3.96. The van der Waals surface area contributed by atoms with Crippen LogP contribution in [0.4, 0.5) is 16.2 Å². The molecule has 3 amide bonds. The lowest BCUT2D eigenvalue weighted by atomic mass is 10.0. The zero-order valence-corrected chi connectivity index (χ0v) is 19.1. The van der Waals surface area contributed by atoms with E-state index >= 15 is 0 Å². The van der Waals surface area contributed by atoms with Crippen molar-refractivity contribution >= 4 is 23.3 Å². The van der Waals surface area contributed by atoms with Crippen LogP contribution in [0.2, 0.25) is 0 Å². The third-order valence-corrected chi connectivity index (χ3v) is 5.73. The summed E-state index contributed by atoms with van der Waals surface area (Å²) in [6, 6.07) is 22.9. The number of amides is 3. The molecule has 0 aromatic heterocycles. The lowest BCUT2D eigenvalue weighted by molar-refractivity contribution is -0.118. The van der Waals surface area contributed by atoms with Crippen molar-refractivity contribution in [3.63, 3.8) is 0 Å². The highest BCUT2D eigenvalue weighted by molar-refractivity contribution is 5.95. The molecule has 33 heavy (non-hydrogen) atoms. The monoisotopic (exact) mass is 443 g/mol. The SMILES string of the molecule is Cc1ccc(C)c(CN2CCCN(c3cccc(NC(=O)COc4ccccc4)c3)C2=O)c1. The molecule has 3 aromatic carbocycles. The molecule has 6 heteroatoms. The first-order valence-electron chi connectivity index (χ1n) is 11.2. The molecule has 1 heterocycles. The second-order valence-electron chi connectivity index (χ2n) is 8.34. The first-order valence-corrected chi connectivity index (χ1v) is 11.2. The molecule has 6 nitrogen and oxygen atoms in total. The van der Waals surface area contributed by atoms with Gasteiger partial charge >= 0.3 is 6.03 Å². The van der Waals surface area contributed by atoms with E-state index in [0.29, 0.717) is 24.5 Å². The Morgan fingerprint density at radius 3 is 2.61 bits per heavy atom. The molecule has 4 rings (SSSR count). The molecule has 0 atom stereocenters. The zero-order valence-electron chi connectivity index (χ0n) is 19.1. The summed E-state index contributed by atoms with van der Waals surface area (Å²) in [5.74, 6) is 0.391. The second-order valence-corrected chi connectivity index (χ2v) is 8.34. The third-order valence-electron chi connectivity index (χ3n) is 5.73. The minimum Gasteiger partial charge on any atom is -0.484 e. The lowest BCUT2D eigenvalue weighted by Gasteiger charge is -2.36. The number of aryl methyl sites for hydroxylation is 2. The maximum Gasteiger partial charge on any atom is 0.324 e. The number of rotatable bonds is 7. The number of carbonyl (C=O) groups excluding carboxylic acids is 2. The molecule has 1 saturated heterocycles. The molecule has 0 bridgehead atoms. The number of hydrogen-bond donors (Lipinski definition) is 1. The van der Waals surface area contributed by atoms with Gasteiger partial charge < -0.3 is 15.0 Å². The van der Waals surface area contributed by atoms with Gasteiger partial charge in [0, 0.05) is 31.0 Å². The molecule has 0 spiro atoms. The molecule has 170 valence electrons.